The second kappa shape index (κ2) is 12.3. The second-order valence-electron chi connectivity index (χ2n) is 9.63. The van der Waals surface area contributed by atoms with Gasteiger partial charge in [-0.3, -0.25) is 5.32 Å². The Morgan fingerprint density at radius 3 is 1.97 bits per heavy atom. The molecule has 6 heteroatoms. The lowest BCUT2D eigenvalue weighted by atomic mass is 9.82. The minimum Gasteiger partial charge on any atom is -0.512 e. The number of benzene rings is 3. The molecule has 0 saturated carbocycles. The summed E-state index contributed by atoms with van der Waals surface area (Å²) in [6, 6.07) is 27.4. The third kappa shape index (κ3) is 7.46. The predicted molar refractivity (Wildman–Crippen MR) is 144 cm³/mol. The third-order valence-corrected chi connectivity index (χ3v) is 6.89. The molecule has 0 unspecified atom stereocenters. The minimum absolute atomic E-state index is 0.124. The van der Waals surface area contributed by atoms with Gasteiger partial charge in [-0.2, -0.15) is 0 Å². The van der Waals surface area contributed by atoms with E-state index in [1.807, 2.05) is 42.5 Å². The summed E-state index contributed by atoms with van der Waals surface area (Å²) in [5.74, 6) is -0.315. The number of aryl methyl sites for hydroxylation is 3. The first-order chi connectivity index (χ1) is 17.9. The van der Waals surface area contributed by atoms with Crippen LogP contribution in [0, 0.1) is 0 Å². The molecule has 3 aromatic rings. The van der Waals surface area contributed by atoms with Crippen LogP contribution in [0.1, 0.15) is 48.8 Å². The summed E-state index contributed by atoms with van der Waals surface area (Å²) in [6.07, 6.45) is 3.66. The van der Waals surface area contributed by atoms with Crippen LogP contribution in [0.4, 0.5) is 10.5 Å². The molecule has 1 amide bonds. The molecule has 3 N–H and O–H groups in total. The number of carboxylic acid groups (broad SMARTS) is 1. The first-order valence-electron chi connectivity index (χ1n) is 12.7. The van der Waals surface area contributed by atoms with E-state index in [1.165, 1.54) is 11.1 Å². The second-order valence-corrected chi connectivity index (χ2v) is 9.63. The molecule has 1 aliphatic heterocycles. The van der Waals surface area contributed by atoms with E-state index in [0.29, 0.717) is 49.8 Å². The number of rotatable bonds is 11. The van der Waals surface area contributed by atoms with Gasteiger partial charge >= 0.3 is 12.1 Å². The van der Waals surface area contributed by atoms with E-state index in [0.717, 1.165) is 18.4 Å². The fourth-order valence-corrected chi connectivity index (χ4v) is 4.91. The van der Waals surface area contributed by atoms with Gasteiger partial charge in [0, 0.05) is 12.1 Å². The SMILES string of the molecule is O=C(O)Nc1cccc(CCCC2=C(O)CC(CCc3ccccc3)(CCc3ccccc3)OC2=O)c1. The highest BCUT2D eigenvalue weighted by molar-refractivity contribution is 5.90. The van der Waals surface area contributed by atoms with Crippen molar-refractivity contribution < 1.29 is 24.5 Å². The molecule has 0 spiro atoms. The van der Waals surface area contributed by atoms with Gasteiger partial charge in [-0.25, -0.2) is 9.59 Å². The van der Waals surface area contributed by atoms with Gasteiger partial charge in [-0.05, 0) is 73.8 Å². The smallest absolute Gasteiger partial charge is 0.409 e. The van der Waals surface area contributed by atoms with E-state index in [9.17, 15) is 14.7 Å². The summed E-state index contributed by atoms with van der Waals surface area (Å²) < 4.78 is 6.13. The van der Waals surface area contributed by atoms with Crippen LogP contribution in [-0.4, -0.2) is 27.9 Å². The summed E-state index contributed by atoms with van der Waals surface area (Å²) in [5.41, 5.74) is 3.39. The molecule has 3 aromatic carbocycles. The number of nitrogens with one attached hydrogen (secondary N) is 1. The van der Waals surface area contributed by atoms with Crippen molar-refractivity contribution in [2.24, 2.45) is 0 Å². The Morgan fingerprint density at radius 1 is 0.811 bits per heavy atom. The van der Waals surface area contributed by atoms with Crippen LogP contribution >= 0.6 is 0 Å². The van der Waals surface area contributed by atoms with Crippen molar-refractivity contribution in [3.05, 3.63) is 113 Å². The van der Waals surface area contributed by atoms with Crippen molar-refractivity contribution in [3.8, 4) is 0 Å². The van der Waals surface area contributed by atoms with E-state index in [-0.39, 0.29) is 5.76 Å². The minimum atomic E-state index is -1.11. The quantitative estimate of drug-likeness (QED) is 0.250. The summed E-state index contributed by atoms with van der Waals surface area (Å²) in [6.45, 7) is 0. The molecule has 0 radical (unpaired) electrons. The largest absolute Gasteiger partial charge is 0.512 e. The number of aliphatic hydroxyl groups excluding tert-OH is 1. The van der Waals surface area contributed by atoms with Crippen LogP contribution in [0.5, 0.6) is 0 Å². The molecule has 0 atom stereocenters. The van der Waals surface area contributed by atoms with Gasteiger partial charge in [-0.15, -0.1) is 0 Å². The van der Waals surface area contributed by atoms with Crippen molar-refractivity contribution in [2.45, 2.75) is 57.0 Å². The van der Waals surface area contributed by atoms with E-state index in [4.69, 9.17) is 9.84 Å². The Hall–Kier alpha value is -4.06. The topological polar surface area (TPSA) is 95.9 Å². The van der Waals surface area contributed by atoms with Crippen LogP contribution in [-0.2, 0) is 28.8 Å². The molecule has 0 aliphatic carbocycles. The van der Waals surface area contributed by atoms with Crippen molar-refractivity contribution in [1.82, 2.24) is 0 Å². The molecule has 0 aromatic heterocycles. The molecule has 0 bridgehead atoms. The zero-order valence-corrected chi connectivity index (χ0v) is 20.9. The van der Waals surface area contributed by atoms with Crippen LogP contribution in [0.15, 0.2) is 96.3 Å². The highest BCUT2D eigenvalue weighted by Crippen LogP contribution is 2.38. The molecule has 0 fully saturated rings. The highest BCUT2D eigenvalue weighted by Gasteiger charge is 2.41. The van der Waals surface area contributed by atoms with Gasteiger partial charge in [0.1, 0.15) is 11.4 Å². The average Bonchev–Trinajstić information content (AvgIpc) is 2.89. The number of cyclic esters (lactones) is 1. The molecular formula is C31H33NO5. The summed E-state index contributed by atoms with van der Waals surface area (Å²) in [4.78, 5) is 24.0. The number of carbonyl (C=O) groups excluding carboxylic acids is 1. The fourth-order valence-electron chi connectivity index (χ4n) is 4.91. The number of aliphatic hydroxyl groups is 1. The van der Waals surface area contributed by atoms with E-state index in [1.54, 1.807) is 18.2 Å². The highest BCUT2D eigenvalue weighted by atomic mass is 16.6. The maximum Gasteiger partial charge on any atom is 0.409 e. The maximum atomic E-state index is 13.1. The lowest BCUT2D eigenvalue weighted by Crippen LogP contribution is -2.41. The van der Waals surface area contributed by atoms with Gasteiger partial charge in [-0.1, -0.05) is 72.8 Å². The van der Waals surface area contributed by atoms with Crippen LogP contribution < -0.4 is 5.32 Å². The molecule has 4 rings (SSSR count). The van der Waals surface area contributed by atoms with Gasteiger partial charge < -0.3 is 14.9 Å². The number of esters is 1. The number of hydrogen-bond acceptors (Lipinski definition) is 4. The normalized spacial score (nSPS) is 14.8. The molecule has 6 nitrogen and oxygen atoms in total. The van der Waals surface area contributed by atoms with Crippen molar-refractivity contribution in [2.75, 3.05) is 5.32 Å². The lowest BCUT2D eigenvalue weighted by Gasteiger charge is -2.37. The molecule has 0 saturated heterocycles. The van der Waals surface area contributed by atoms with Gasteiger partial charge in [0.15, 0.2) is 0 Å². The van der Waals surface area contributed by atoms with E-state index >= 15 is 0 Å². The summed E-state index contributed by atoms with van der Waals surface area (Å²) in [7, 11) is 0. The number of hydrogen-bond donors (Lipinski definition) is 3. The number of anilines is 1. The van der Waals surface area contributed by atoms with E-state index < -0.39 is 17.7 Å². The third-order valence-electron chi connectivity index (χ3n) is 6.89. The van der Waals surface area contributed by atoms with Gasteiger partial charge in [0.2, 0.25) is 0 Å². The zero-order valence-electron chi connectivity index (χ0n) is 20.9. The Kier molecular flexibility index (Phi) is 8.62. The van der Waals surface area contributed by atoms with Crippen LogP contribution in [0.25, 0.3) is 0 Å². The first kappa shape index (κ1) is 26.0. The lowest BCUT2D eigenvalue weighted by molar-refractivity contribution is -0.160. The molecule has 1 aliphatic rings. The molecule has 1 heterocycles. The first-order valence-corrected chi connectivity index (χ1v) is 12.7. The average molecular weight is 500 g/mol. The zero-order chi connectivity index (χ0) is 26.1. The van der Waals surface area contributed by atoms with Gasteiger partial charge in [0.25, 0.3) is 0 Å². The maximum absolute atomic E-state index is 13.1. The Labute approximate surface area is 217 Å². The Morgan fingerprint density at radius 2 is 1.41 bits per heavy atom. The van der Waals surface area contributed by atoms with Gasteiger partial charge in [0.05, 0.1) is 5.57 Å². The van der Waals surface area contributed by atoms with Crippen LogP contribution in [0.3, 0.4) is 0 Å². The Bertz CT molecular complexity index is 1190. The summed E-state index contributed by atoms with van der Waals surface area (Å²) in [5, 5.41) is 22.3. The van der Waals surface area contributed by atoms with Crippen molar-refractivity contribution in [3.63, 3.8) is 0 Å². The monoisotopic (exact) mass is 499 g/mol. The van der Waals surface area contributed by atoms with Crippen molar-refractivity contribution in [1.29, 1.82) is 0 Å². The van der Waals surface area contributed by atoms with Crippen LogP contribution in [0.2, 0.25) is 0 Å². The standard InChI is InChI=1S/C31H33NO5/c33-28-22-31(19-17-23-9-3-1-4-10-23,20-18-24-11-5-2-6-12-24)37-29(34)27(28)16-8-14-25-13-7-15-26(21-25)32-30(35)36/h1-7,9-13,15,21,32-33H,8,14,16-20,22H2,(H,35,36). The predicted octanol–water partition coefficient (Wildman–Crippen LogP) is 6.86. The van der Waals surface area contributed by atoms with Crippen molar-refractivity contribution >= 4 is 17.7 Å². The fraction of sp³-hybridized carbons (Fsp3) is 0.290. The number of amides is 1. The number of carbonyl (C=O) groups is 2. The number of ether oxygens (including phenoxy) is 1. The summed E-state index contributed by atoms with van der Waals surface area (Å²) >= 11 is 0. The molecular weight excluding hydrogens is 466 g/mol. The molecule has 192 valence electrons. The Balaban J connectivity index is 1.43. The molecule has 37 heavy (non-hydrogen) atoms. The van der Waals surface area contributed by atoms with E-state index in [2.05, 4.69) is 29.6 Å².